The van der Waals surface area contributed by atoms with E-state index < -0.39 is 0 Å². The number of rotatable bonds is 6. The van der Waals surface area contributed by atoms with E-state index in [4.69, 9.17) is 0 Å². The summed E-state index contributed by atoms with van der Waals surface area (Å²) < 4.78 is 2.33. The summed E-state index contributed by atoms with van der Waals surface area (Å²) in [5.41, 5.74) is 11.6. The summed E-state index contributed by atoms with van der Waals surface area (Å²) in [7, 11) is 4.34. The van der Waals surface area contributed by atoms with E-state index in [-0.39, 0.29) is 17.4 Å². The minimum absolute atomic E-state index is 0.0491. The van der Waals surface area contributed by atoms with E-state index in [1.165, 1.54) is 50.8 Å². The van der Waals surface area contributed by atoms with Gasteiger partial charge in [-0.05, 0) is 62.0 Å². The molecule has 0 amide bonds. The van der Waals surface area contributed by atoms with Gasteiger partial charge in [-0.3, -0.25) is 0 Å². The lowest BCUT2D eigenvalue weighted by Crippen LogP contribution is -2.27. The van der Waals surface area contributed by atoms with E-state index in [2.05, 4.69) is 129 Å². The third-order valence-electron chi connectivity index (χ3n) is 8.71. The molecule has 0 saturated carbocycles. The van der Waals surface area contributed by atoms with Crippen molar-refractivity contribution < 1.29 is 9.68 Å². The van der Waals surface area contributed by atoms with Crippen molar-refractivity contribution in [2.75, 3.05) is 32.1 Å². The second-order valence-electron chi connectivity index (χ2n) is 11.8. The molecule has 4 nitrogen and oxygen atoms in total. The zero-order chi connectivity index (χ0) is 27.1. The number of anilines is 1. The Balaban J connectivity index is 1.51. The first-order valence-corrected chi connectivity index (χ1v) is 13.9. The molecule has 3 aliphatic rings. The van der Waals surface area contributed by atoms with Crippen molar-refractivity contribution in [3.05, 3.63) is 107 Å². The fourth-order valence-corrected chi connectivity index (χ4v) is 6.63. The van der Waals surface area contributed by atoms with Gasteiger partial charge < -0.3 is 15.3 Å². The SMILES string of the molecule is CN1/C(=C/C=C2\CCCC(/C=C/C3=[N+](C)c4ccccc4C3(C)C)=C2NCCO)C(C)(C)c2ccccc21. The Morgan fingerprint density at radius 3 is 2.34 bits per heavy atom. The molecule has 0 atom stereocenters. The molecule has 2 N–H and O–H groups in total. The van der Waals surface area contributed by atoms with Crippen molar-refractivity contribution >= 4 is 17.1 Å². The number of hydrogen-bond acceptors (Lipinski definition) is 3. The average molecular weight is 509 g/mol. The van der Waals surface area contributed by atoms with Gasteiger partial charge in [-0.25, -0.2) is 0 Å². The Morgan fingerprint density at radius 1 is 0.921 bits per heavy atom. The largest absolute Gasteiger partial charge is 0.395 e. The van der Waals surface area contributed by atoms with Crippen LogP contribution in [0.4, 0.5) is 11.4 Å². The molecule has 2 aromatic rings. The molecule has 1 aliphatic carbocycles. The van der Waals surface area contributed by atoms with Crippen molar-refractivity contribution in [1.82, 2.24) is 5.32 Å². The molecule has 198 valence electrons. The van der Waals surface area contributed by atoms with Gasteiger partial charge in [-0.2, -0.15) is 4.58 Å². The van der Waals surface area contributed by atoms with Gasteiger partial charge in [0.2, 0.25) is 5.69 Å². The first-order valence-electron chi connectivity index (χ1n) is 13.9. The molecule has 0 saturated heterocycles. The summed E-state index contributed by atoms with van der Waals surface area (Å²) in [5, 5.41) is 13.2. The molecule has 2 aliphatic heterocycles. The second kappa shape index (κ2) is 10.1. The van der Waals surface area contributed by atoms with Crippen LogP contribution in [0.25, 0.3) is 0 Å². The molecule has 2 aromatic carbocycles. The highest BCUT2D eigenvalue weighted by Crippen LogP contribution is 2.47. The third kappa shape index (κ3) is 4.35. The number of para-hydroxylation sites is 2. The van der Waals surface area contributed by atoms with Gasteiger partial charge in [0.1, 0.15) is 7.05 Å². The standard InChI is InChI=1S/C34H41N3O/c1-33(2)26-14-7-9-16-28(26)36(5)30(33)20-18-24-12-11-13-25(32(24)35-22-23-38)19-21-31-34(3,4)27-15-8-10-17-29(27)37(31)6/h7-10,14-21,38H,11-13,22-23H2,1-6H3/p+1/b24-18+,30-20+. The van der Waals surface area contributed by atoms with Gasteiger partial charge in [0.05, 0.1) is 12.0 Å². The van der Waals surface area contributed by atoms with Crippen molar-refractivity contribution in [2.24, 2.45) is 0 Å². The molecule has 0 spiro atoms. The lowest BCUT2D eigenvalue weighted by Gasteiger charge is -2.25. The number of fused-ring (bicyclic) bond motifs is 2. The van der Waals surface area contributed by atoms with Gasteiger partial charge in [0.15, 0.2) is 5.71 Å². The van der Waals surface area contributed by atoms with Gasteiger partial charge >= 0.3 is 0 Å². The maximum atomic E-state index is 9.63. The summed E-state index contributed by atoms with van der Waals surface area (Å²) in [5.74, 6) is 0. The Bertz CT molecular complexity index is 1400. The fraction of sp³-hybridized carbons (Fsp3) is 0.382. The van der Waals surface area contributed by atoms with E-state index in [1.54, 1.807) is 0 Å². The summed E-state index contributed by atoms with van der Waals surface area (Å²) in [4.78, 5) is 2.33. The van der Waals surface area contributed by atoms with Crippen LogP contribution < -0.4 is 10.2 Å². The van der Waals surface area contributed by atoms with Crippen LogP contribution >= 0.6 is 0 Å². The number of allylic oxidation sites excluding steroid dienone is 7. The van der Waals surface area contributed by atoms with E-state index in [0.717, 1.165) is 19.3 Å². The first-order chi connectivity index (χ1) is 18.2. The Morgan fingerprint density at radius 2 is 1.63 bits per heavy atom. The minimum atomic E-state index is -0.0491. The molecule has 5 rings (SSSR count). The lowest BCUT2D eigenvalue weighted by molar-refractivity contribution is -0.401. The van der Waals surface area contributed by atoms with E-state index >= 15 is 0 Å². The van der Waals surface area contributed by atoms with Crippen molar-refractivity contribution in [2.45, 2.75) is 57.8 Å². The van der Waals surface area contributed by atoms with Crippen LogP contribution in [0.15, 0.2) is 95.4 Å². The highest BCUT2D eigenvalue weighted by atomic mass is 16.3. The minimum Gasteiger partial charge on any atom is -0.395 e. The molecular weight excluding hydrogens is 466 g/mol. The maximum absolute atomic E-state index is 9.63. The quantitative estimate of drug-likeness (QED) is 0.437. The number of aliphatic hydroxyl groups is 1. The molecule has 0 fully saturated rings. The van der Waals surface area contributed by atoms with Crippen molar-refractivity contribution in [3.63, 3.8) is 0 Å². The van der Waals surface area contributed by atoms with Crippen LogP contribution in [0.3, 0.4) is 0 Å². The van der Waals surface area contributed by atoms with Crippen molar-refractivity contribution in [3.8, 4) is 0 Å². The zero-order valence-corrected chi connectivity index (χ0v) is 23.8. The summed E-state index contributed by atoms with van der Waals surface area (Å²) in [6.07, 6.45) is 12.4. The highest BCUT2D eigenvalue weighted by Gasteiger charge is 2.42. The number of nitrogens with one attached hydrogen (secondary N) is 1. The summed E-state index contributed by atoms with van der Waals surface area (Å²) >= 11 is 0. The highest BCUT2D eigenvalue weighted by molar-refractivity contribution is 6.03. The number of hydrogen-bond donors (Lipinski definition) is 2. The lowest BCUT2D eigenvalue weighted by atomic mass is 9.81. The Kier molecular flexibility index (Phi) is 6.96. The Labute approximate surface area is 228 Å². The monoisotopic (exact) mass is 508 g/mol. The molecule has 4 heteroatoms. The number of benzene rings is 2. The number of likely N-dealkylation sites (N-methyl/N-ethyl adjacent to an activating group) is 1. The summed E-state index contributed by atoms with van der Waals surface area (Å²) in [6.45, 7) is 9.90. The van der Waals surface area contributed by atoms with Gasteiger partial charge in [0, 0.05) is 53.8 Å². The fourth-order valence-electron chi connectivity index (χ4n) is 6.63. The van der Waals surface area contributed by atoms with Gasteiger partial charge in [0.25, 0.3) is 0 Å². The van der Waals surface area contributed by atoms with E-state index in [9.17, 15) is 5.11 Å². The summed E-state index contributed by atoms with van der Waals surface area (Å²) in [6, 6.07) is 17.4. The zero-order valence-electron chi connectivity index (χ0n) is 23.8. The van der Waals surface area contributed by atoms with Crippen LogP contribution in [-0.2, 0) is 10.8 Å². The molecule has 2 heterocycles. The predicted molar refractivity (Wildman–Crippen MR) is 159 cm³/mol. The van der Waals surface area contributed by atoms with Crippen LogP contribution in [0, 0.1) is 0 Å². The first kappa shape index (κ1) is 26.2. The maximum Gasteiger partial charge on any atom is 0.209 e. The number of nitrogens with zero attached hydrogens (tertiary/aromatic N) is 2. The molecule has 0 unspecified atom stereocenters. The van der Waals surface area contributed by atoms with Crippen LogP contribution in [0.1, 0.15) is 58.1 Å². The van der Waals surface area contributed by atoms with Crippen molar-refractivity contribution in [1.29, 1.82) is 0 Å². The van der Waals surface area contributed by atoms with Gasteiger partial charge in [-0.15, -0.1) is 0 Å². The van der Waals surface area contributed by atoms with Crippen LogP contribution in [-0.4, -0.2) is 42.6 Å². The predicted octanol–water partition coefficient (Wildman–Crippen LogP) is 6.51. The van der Waals surface area contributed by atoms with E-state index in [0.29, 0.717) is 6.54 Å². The van der Waals surface area contributed by atoms with Crippen LogP contribution in [0.2, 0.25) is 0 Å². The molecule has 0 aromatic heterocycles. The molecule has 0 radical (unpaired) electrons. The van der Waals surface area contributed by atoms with Gasteiger partial charge in [-0.1, -0.05) is 62.4 Å². The molecule has 38 heavy (non-hydrogen) atoms. The second-order valence-corrected chi connectivity index (χ2v) is 11.8. The normalized spacial score (nSPS) is 22.1. The average Bonchev–Trinajstić information content (AvgIpc) is 3.23. The third-order valence-corrected chi connectivity index (χ3v) is 8.71. The Hall–Kier alpha value is -3.37. The van der Waals surface area contributed by atoms with E-state index in [1.807, 2.05) is 0 Å². The smallest absolute Gasteiger partial charge is 0.209 e. The topological polar surface area (TPSA) is 38.5 Å². The molecular formula is C34H42N3O+. The number of aliphatic hydroxyl groups excluding tert-OH is 1. The van der Waals surface area contributed by atoms with Crippen LogP contribution in [0.5, 0.6) is 0 Å². The molecule has 0 bridgehead atoms.